The quantitative estimate of drug-likeness (QED) is 0.570. The zero-order valence-electron chi connectivity index (χ0n) is 16.7. The molecule has 4 amide bonds. The standard InChI is InChI=1S/C22H23N3O4/c1-12(2)24-19(26)13(3)17-15(21(24)28)8-9-16-18(17)14(4)20(27)25(22(16)29)23-10-6-5-7-11-23/h8-9,12H,3-7,10-11H2,1-2H3. The van der Waals surface area contributed by atoms with Gasteiger partial charge in [-0.25, -0.2) is 10.0 Å². The van der Waals surface area contributed by atoms with Gasteiger partial charge in [-0.2, -0.15) is 0 Å². The highest BCUT2D eigenvalue weighted by molar-refractivity contribution is 6.36. The van der Waals surface area contributed by atoms with E-state index in [1.54, 1.807) is 31.0 Å². The predicted octanol–water partition coefficient (Wildman–Crippen LogP) is 2.49. The number of carbonyl (C=O) groups excluding carboxylic acids is 4. The number of piperidine rings is 1. The summed E-state index contributed by atoms with van der Waals surface area (Å²) in [5, 5.41) is 2.92. The summed E-state index contributed by atoms with van der Waals surface area (Å²) in [6.45, 7) is 12.5. The Bertz CT molecular complexity index is 1000. The monoisotopic (exact) mass is 393 g/mol. The first-order valence-corrected chi connectivity index (χ1v) is 9.82. The smallest absolute Gasteiger partial charge is 0.272 e. The number of imide groups is 2. The van der Waals surface area contributed by atoms with Gasteiger partial charge in [-0.3, -0.25) is 24.1 Å². The van der Waals surface area contributed by atoms with Crippen molar-refractivity contribution in [1.82, 2.24) is 14.9 Å². The minimum Gasteiger partial charge on any atom is -0.272 e. The van der Waals surface area contributed by atoms with Crippen molar-refractivity contribution < 1.29 is 19.2 Å². The van der Waals surface area contributed by atoms with E-state index in [0.717, 1.165) is 29.2 Å². The fraction of sp³-hybridized carbons (Fsp3) is 0.364. The molecule has 0 radical (unpaired) electrons. The minimum atomic E-state index is -0.517. The molecule has 7 heteroatoms. The van der Waals surface area contributed by atoms with Crippen molar-refractivity contribution in [1.29, 1.82) is 0 Å². The maximum atomic E-state index is 13.2. The molecule has 29 heavy (non-hydrogen) atoms. The zero-order valence-corrected chi connectivity index (χ0v) is 16.7. The summed E-state index contributed by atoms with van der Waals surface area (Å²) in [5.74, 6) is -1.95. The van der Waals surface area contributed by atoms with E-state index in [2.05, 4.69) is 13.2 Å². The van der Waals surface area contributed by atoms with Crippen LogP contribution in [0.5, 0.6) is 0 Å². The largest absolute Gasteiger partial charge is 0.276 e. The Morgan fingerprint density at radius 1 is 0.759 bits per heavy atom. The Hall–Kier alpha value is -3.06. The molecular weight excluding hydrogens is 370 g/mol. The second kappa shape index (κ2) is 6.77. The highest BCUT2D eigenvalue weighted by Crippen LogP contribution is 2.40. The molecule has 1 aromatic carbocycles. The van der Waals surface area contributed by atoms with Gasteiger partial charge in [0.1, 0.15) is 0 Å². The number of hydrogen-bond donors (Lipinski definition) is 0. The predicted molar refractivity (Wildman–Crippen MR) is 107 cm³/mol. The number of rotatable bonds is 2. The highest BCUT2D eigenvalue weighted by Gasteiger charge is 2.44. The van der Waals surface area contributed by atoms with Crippen molar-refractivity contribution in [2.24, 2.45) is 0 Å². The lowest BCUT2D eigenvalue weighted by atomic mass is 9.82. The van der Waals surface area contributed by atoms with E-state index >= 15 is 0 Å². The maximum Gasteiger partial charge on any atom is 0.276 e. The lowest BCUT2D eigenvalue weighted by Crippen LogP contribution is -2.54. The molecule has 0 spiro atoms. The molecule has 4 rings (SSSR count). The molecule has 0 atom stereocenters. The van der Waals surface area contributed by atoms with Crippen molar-refractivity contribution in [2.45, 2.75) is 39.2 Å². The Balaban J connectivity index is 1.87. The first-order valence-electron chi connectivity index (χ1n) is 9.82. The van der Waals surface area contributed by atoms with Crippen LogP contribution in [-0.4, -0.2) is 57.7 Å². The number of hydrazine groups is 1. The molecule has 3 heterocycles. The molecule has 0 aromatic heterocycles. The Morgan fingerprint density at radius 2 is 1.28 bits per heavy atom. The van der Waals surface area contributed by atoms with Crippen molar-refractivity contribution in [3.8, 4) is 0 Å². The maximum absolute atomic E-state index is 13.2. The first-order chi connectivity index (χ1) is 13.8. The topological polar surface area (TPSA) is 78.0 Å². The van der Waals surface area contributed by atoms with E-state index in [4.69, 9.17) is 0 Å². The highest BCUT2D eigenvalue weighted by atomic mass is 16.2. The summed E-state index contributed by atoms with van der Waals surface area (Å²) in [5.41, 5.74) is 1.22. The van der Waals surface area contributed by atoms with Crippen LogP contribution in [0.2, 0.25) is 0 Å². The number of amides is 4. The normalized spacial score (nSPS) is 20.5. The van der Waals surface area contributed by atoms with Crippen LogP contribution in [0.25, 0.3) is 11.1 Å². The fourth-order valence-corrected chi connectivity index (χ4v) is 4.30. The molecule has 0 N–H and O–H groups in total. The number of nitrogens with zero attached hydrogens (tertiary/aromatic N) is 3. The van der Waals surface area contributed by atoms with E-state index in [1.807, 2.05) is 0 Å². The van der Waals surface area contributed by atoms with Crippen LogP contribution in [0, 0.1) is 0 Å². The van der Waals surface area contributed by atoms with Gasteiger partial charge in [-0.05, 0) is 38.8 Å². The van der Waals surface area contributed by atoms with Crippen LogP contribution in [-0.2, 0) is 9.59 Å². The summed E-state index contributed by atoms with van der Waals surface area (Å²) in [6.07, 6.45) is 2.88. The molecule has 1 saturated heterocycles. The zero-order chi connectivity index (χ0) is 21.0. The van der Waals surface area contributed by atoms with Crippen molar-refractivity contribution >= 4 is 34.8 Å². The number of benzene rings is 1. The van der Waals surface area contributed by atoms with Gasteiger partial charge in [0.25, 0.3) is 23.6 Å². The summed E-state index contributed by atoms with van der Waals surface area (Å²) in [6, 6.07) is 2.75. The van der Waals surface area contributed by atoms with Gasteiger partial charge in [0, 0.05) is 47.0 Å². The summed E-state index contributed by atoms with van der Waals surface area (Å²) in [7, 11) is 0. The summed E-state index contributed by atoms with van der Waals surface area (Å²) < 4.78 is 0. The lowest BCUT2D eigenvalue weighted by molar-refractivity contribution is -0.137. The lowest BCUT2D eigenvalue weighted by Gasteiger charge is -2.40. The fourth-order valence-electron chi connectivity index (χ4n) is 4.30. The van der Waals surface area contributed by atoms with E-state index in [1.165, 1.54) is 0 Å². The number of carbonyl (C=O) groups is 4. The van der Waals surface area contributed by atoms with E-state index < -0.39 is 23.6 Å². The van der Waals surface area contributed by atoms with Gasteiger partial charge in [0.05, 0.1) is 5.56 Å². The van der Waals surface area contributed by atoms with Crippen molar-refractivity contribution in [3.05, 3.63) is 47.5 Å². The molecule has 0 saturated carbocycles. The van der Waals surface area contributed by atoms with Crippen LogP contribution in [0.1, 0.15) is 65.0 Å². The second-order valence-electron chi connectivity index (χ2n) is 7.88. The van der Waals surface area contributed by atoms with E-state index in [-0.39, 0.29) is 39.4 Å². The van der Waals surface area contributed by atoms with Crippen LogP contribution >= 0.6 is 0 Å². The molecule has 150 valence electrons. The summed E-state index contributed by atoms with van der Waals surface area (Å²) >= 11 is 0. The molecule has 1 aromatic rings. The van der Waals surface area contributed by atoms with Gasteiger partial charge in [0.15, 0.2) is 0 Å². The van der Waals surface area contributed by atoms with Gasteiger partial charge in [-0.15, -0.1) is 0 Å². The van der Waals surface area contributed by atoms with Crippen LogP contribution in [0.15, 0.2) is 25.3 Å². The Kier molecular flexibility index (Phi) is 4.50. The van der Waals surface area contributed by atoms with E-state index in [0.29, 0.717) is 13.1 Å². The van der Waals surface area contributed by atoms with Crippen LogP contribution < -0.4 is 0 Å². The molecule has 0 unspecified atom stereocenters. The molecular formula is C22H23N3O4. The molecule has 0 bridgehead atoms. The number of fused-ring (bicyclic) bond motifs is 3. The summed E-state index contributed by atoms with van der Waals surface area (Å²) in [4.78, 5) is 53.2. The van der Waals surface area contributed by atoms with Crippen LogP contribution in [0.4, 0.5) is 0 Å². The van der Waals surface area contributed by atoms with Crippen LogP contribution in [0.3, 0.4) is 0 Å². The van der Waals surface area contributed by atoms with Crippen molar-refractivity contribution in [3.63, 3.8) is 0 Å². The van der Waals surface area contributed by atoms with E-state index in [9.17, 15) is 19.2 Å². The molecule has 7 nitrogen and oxygen atoms in total. The molecule has 3 aliphatic rings. The third-order valence-corrected chi connectivity index (χ3v) is 5.74. The first kappa shape index (κ1) is 19.3. The van der Waals surface area contributed by atoms with Crippen molar-refractivity contribution in [2.75, 3.05) is 13.1 Å². The van der Waals surface area contributed by atoms with Gasteiger partial charge >= 0.3 is 0 Å². The molecule has 3 aliphatic heterocycles. The van der Waals surface area contributed by atoms with Gasteiger partial charge in [0.2, 0.25) is 0 Å². The SMILES string of the molecule is C=C1C(=O)N(C(C)C)C(=O)c2ccc3c(c21)C(=C)C(=O)N(N1CCCCC1)C3=O. The average Bonchev–Trinajstić information content (AvgIpc) is 2.70. The average molecular weight is 393 g/mol. The minimum absolute atomic E-state index is 0.0957. The van der Waals surface area contributed by atoms with Gasteiger partial charge < -0.3 is 0 Å². The molecule has 1 fully saturated rings. The Labute approximate surface area is 169 Å². The Morgan fingerprint density at radius 3 is 1.83 bits per heavy atom. The third kappa shape index (κ3) is 2.68. The number of hydrogen-bond acceptors (Lipinski definition) is 5. The molecule has 0 aliphatic carbocycles. The third-order valence-electron chi connectivity index (χ3n) is 5.74. The second-order valence-corrected chi connectivity index (χ2v) is 7.88. The van der Waals surface area contributed by atoms with Gasteiger partial charge in [-0.1, -0.05) is 19.6 Å².